The molecule has 0 aromatic heterocycles. The number of hydrogen-bond acceptors (Lipinski definition) is 7. The molecule has 8 N–H and O–H groups in total. The molecule has 13 atom stereocenters. The second-order valence-corrected chi connectivity index (χ2v) is 21.1. The lowest BCUT2D eigenvalue weighted by molar-refractivity contribution is -0.171. The zero-order valence-electron chi connectivity index (χ0n) is 36.0. The first-order valence-corrected chi connectivity index (χ1v) is 22.3. The van der Waals surface area contributed by atoms with Crippen molar-refractivity contribution in [2.24, 2.45) is 67.2 Å². The molecule has 9 aliphatic rings. The van der Waals surface area contributed by atoms with Gasteiger partial charge >= 0.3 is 5.97 Å². The van der Waals surface area contributed by atoms with E-state index in [-0.39, 0.29) is 48.8 Å². The van der Waals surface area contributed by atoms with Gasteiger partial charge in [0.2, 0.25) is 0 Å². The summed E-state index contributed by atoms with van der Waals surface area (Å²) in [6.45, 7) is 9.83. The third-order valence-corrected chi connectivity index (χ3v) is 18.9. The van der Waals surface area contributed by atoms with Crippen molar-refractivity contribution in [1.29, 1.82) is 0 Å². The average molecular weight is 826 g/mol. The summed E-state index contributed by atoms with van der Waals surface area (Å²) in [6, 6.07) is 8.31. The minimum atomic E-state index is -1.74. The molecule has 13 unspecified atom stereocenters. The molecular formula is C51H59N3O7. The van der Waals surface area contributed by atoms with Gasteiger partial charge in [-0.15, -0.1) is 11.8 Å². The van der Waals surface area contributed by atoms with E-state index in [9.17, 15) is 30.0 Å². The van der Waals surface area contributed by atoms with E-state index in [0.29, 0.717) is 55.2 Å². The molecule has 10 nitrogen and oxygen atoms in total. The van der Waals surface area contributed by atoms with E-state index in [1.54, 1.807) is 6.08 Å². The predicted molar refractivity (Wildman–Crippen MR) is 231 cm³/mol. The molecule has 320 valence electrons. The monoisotopic (exact) mass is 825 g/mol. The summed E-state index contributed by atoms with van der Waals surface area (Å²) < 4.78 is 0. The van der Waals surface area contributed by atoms with Crippen LogP contribution < -0.4 is 11.5 Å². The number of ketones is 2. The van der Waals surface area contributed by atoms with Crippen molar-refractivity contribution in [1.82, 2.24) is 0 Å². The third-order valence-electron chi connectivity index (χ3n) is 18.9. The number of carboxylic acids is 1. The van der Waals surface area contributed by atoms with Crippen LogP contribution in [-0.4, -0.2) is 66.8 Å². The standard InChI is InChI=1S/C51H59N3O7/c1-28(42(58)59)33-15-20-48(54-43(52)53)22-21-47(29(2)36(48)39(33)57)27-49(60)23-24-50(61)37(32-14-13-30-11-7-8-12-31(30)25-32)40-44(3)17-9-6-10-18-51(49)41(50)38(34(55)26-46(47,51)5)45(40,4)19-16-35(44)56/h7-8,11-12,21-25,29,36-37,39-40,57,60-61H,10,13-20,26-27H2,1-5H3,(H,58,59)(H4,52,53,54). The van der Waals surface area contributed by atoms with Gasteiger partial charge in [0.1, 0.15) is 11.4 Å². The van der Waals surface area contributed by atoms with Crippen LogP contribution in [0.3, 0.4) is 0 Å². The Kier molecular flexibility index (Phi) is 8.33. The zero-order valence-corrected chi connectivity index (χ0v) is 36.0. The van der Waals surface area contributed by atoms with Crippen LogP contribution in [0.1, 0.15) is 110 Å². The van der Waals surface area contributed by atoms with Gasteiger partial charge in [0.05, 0.1) is 17.2 Å². The number of hydrogen-bond donors (Lipinski definition) is 6. The van der Waals surface area contributed by atoms with Gasteiger partial charge in [-0.2, -0.15) is 0 Å². The van der Waals surface area contributed by atoms with Gasteiger partial charge in [-0.1, -0.05) is 81.8 Å². The number of aliphatic carboxylic acids is 1. The first kappa shape index (κ1) is 40.5. The number of allylic oxidation sites excluding steroid dienone is 2. The van der Waals surface area contributed by atoms with Crippen LogP contribution >= 0.6 is 0 Å². The molecule has 4 bridgehead atoms. The number of carbonyl (C=O) groups excluding carboxylic acids is 2. The summed E-state index contributed by atoms with van der Waals surface area (Å²) in [5.41, 5.74) is 7.85. The quantitative estimate of drug-likeness (QED) is 0.0707. The van der Waals surface area contributed by atoms with Gasteiger partial charge in [-0.25, -0.2) is 9.79 Å². The van der Waals surface area contributed by atoms with Crippen molar-refractivity contribution in [2.45, 2.75) is 128 Å². The highest BCUT2D eigenvalue weighted by Gasteiger charge is 2.84. The molecule has 0 aliphatic heterocycles. The van der Waals surface area contributed by atoms with Crippen molar-refractivity contribution in [2.75, 3.05) is 0 Å². The molecule has 9 aliphatic carbocycles. The van der Waals surface area contributed by atoms with E-state index >= 15 is 4.79 Å². The Morgan fingerprint density at radius 2 is 1.67 bits per heavy atom. The van der Waals surface area contributed by atoms with Gasteiger partial charge in [0.25, 0.3) is 0 Å². The largest absolute Gasteiger partial charge is 0.478 e. The number of rotatable bonds is 3. The first-order chi connectivity index (χ1) is 28.7. The Labute approximate surface area is 358 Å². The summed E-state index contributed by atoms with van der Waals surface area (Å²) in [5.74, 6) is 3.41. The van der Waals surface area contributed by atoms with E-state index in [1.807, 2.05) is 38.1 Å². The lowest BCUT2D eigenvalue weighted by Crippen LogP contribution is -2.71. The minimum Gasteiger partial charge on any atom is -0.478 e. The van der Waals surface area contributed by atoms with Crippen LogP contribution in [0.4, 0.5) is 0 Å². The first-order valence-electron chi connectivity index (χ1n) is 22.3. The molecule has 0 radical (unpaired) electrons. The number of Topliss-reactive ketones (excluding diaryl/α,β-unsaturated/α-hetero) is 2. The lowest BCUT2D eigenvalue weighted by Gasteiger charge is -2.70. The van der Waals surface area contributed by atoms with Crippen molar-refractivity contribution >= 4 is 29.6 Å². The molecule has 61 heavy (non-hydrogen) atoms. The number of carbonyl (C=O) groups is 3. The van der Waals surface area contributed by atoms with E-state index in [0.717, 1.165) is 17.6 Å². The number of guanidine groups is 1. The molecular weight excluding hydrogens is 767 g/mol. The minimum absolute atomic E-state index is 0.0584. The fourth-order valence-corrected chi connectivity index (χ4v) is 16.4. The number of aliphatic hydroxyl groups excluding tert-OH is 1. The Hall–Kier alpha value is -4.56. The maximum absolute atomic E-state index is 15.8. The van der Waals surface area contributed by atoms with Gasteiger partial charge < -0.3 is 31.9 Å². The summed E-state index contributed by atoms with van der Waals surface area (Å²) in [4.78, 5) is 47.6. The van der Waals surface area contributed by atoms with Crippen molar-refractivity contribution < 1.29 is 34.8 Å². The normalized spacial score (nSPS) is 47.1. The van der Waals surface area contributed by atoms with Crippen LogP contribution in [-0.2, 0) is 20.8 Å². The van der Waals surface area contributed by atoms with Crippen LogP contribution in [0, 0.1) is 62.6 Å². The van der Waals surface area contributed by atoms with Crippen molar-refractivity contribution in [3.05, 3.63) is 87.6 Å². The van der Waals surface area contributed by atoms with E-state index in [4.69, 9.17) is 16.5 Å². The summed E-state index contributed by atoms with van der Waals surface area (Å²) in [7, 11) is 0. The molecule has 10 rings (SSSR count). The highest BCUT2D eigenvalue weighted by Crippen LogP contribution is 2.84. The summed E-state index contributed by atoms with van der Waals surface area (Å²) in [6.07, 6.45) is 12.7. The summed E-state index contributed by atoms with van der Waals surface area (Å²) in [5, 5.41) is 50.8. The third kappa shape index (κ3) is 4.65. The number of nitrogens with two attached hydrogens (primary N) is 2. The predicted octanol–water partition coefficient (Wildman–Crippen LogP) is 5.90. The molecule has 1 aromatic rings. The average Bonchev–Trinajstić information content (AvgIpc) is 3.36. The molecule has 0 heterocycles. The highest BCUT2D eigenvalue weighted by atomic mass is 16.4. The maximum atomic E-state index is 15.8. The van der Waals surface area contributed by atoms with Gasteiger partial charge in [-0.05, 0) is 97.5 Å². The van der Waals surface area contributed by atoms with Crippen LogP contribution in [0.2, 0.25) is 0 Å². The van der Waals surface area contributed by atoms with E-state index in [2.05, 4.69) is 50.0 Å². The van der Waals surface area contributed by atoms with Gasteiger partial charge in [0.15, 0.2) is 11.7 Å². The van der Waals surface area contributed by atoms with Crippen molar-refractivity contribution in [3.8, 4) is 11.8 Å². The molecule has 0 saturated heterocycles. The molecule has 10 heteroatoms. The smallest absolute Gasteiger partial charge is 0.331 e. The number of carboxylic acid groups (broad SMARTS) is 1. The number of nitrogens with zero attached hydrogens (tertiary/aromatic N) is 1. The van der Waals surface area contributed by atoms with E-state index in [1.165, 1.54) is 12.5 Å². The Balaban J connectivity index is 1.28. The van der Waals surface area contributed by atoms with Gasteiger partial charge in [0, 0.05) is 70.3 Å². The fourth-order valence-electron chi connectivity index (χ4n) is 16.4. The topological polar surface area (TPSA) is 197 Å². The molecule has 3 saturated carbocycles. The Bertz CT molecular complexity index is 2500. The number of fused-ring (bicyclic) bond motifs is 4. The molecule has 0 amide bonds. The van der Waals surface area contributed by atoms with E-state index < -0.39 is 79.6 Å². The molecule has 2 spiro atoms. The Morgan fingerprint density at radius 1 is 0.918 bits per heavy atom. The van der Waals surface area contributed by atoms with Crippen LogP contribution in [0.25, 0.3) is 6.08 Å². The lowest BCUT2D eigenvalue weighted by atomic mass is 9.33. The second kappa shape index (κ2) is 12.5. The number of aryl methyl sites for hydroxylation is 1. The highest BCUT2D eigenvalue weighted by molar-refractivity contribution is 6.02. The molecule has 1 aromatic carbocycles. The van der Waals surface area contributed by atoms with Crippen LogP contribution in [0.5, 0.6) is 0 Å². The number of benzene rings is 1. The Morgan fingerprint density at radius 3 is 2.41 bits per heavy atom. The maximum Gasteiger partial charge on any atom is 0.331 e. The zero-order chi connectivity index (χ0) is 43.5. The number of aliphatic imine (C=N–C) groups is 1. The SMILES string of the molecule is CC(C(=O)O)=C1CCC2(N=C(N)N)C=CC3(CC4(O)C=CC5(O)C6=C7C(=O)CC3(C)C64CCC#CCC3(C)C(=O)CCC7(C)C3C5C3=Cc4ccccc4CC3)C(C)C2C1O. The fraction of sp³-hybridized carbons (Fsp3) is 0.569. The second-order valence-electron chi connectivity index (χ2n) is 21.1. The van der Waals surface area contributed by atoms with Crippen molar-refractivity contribution in [3.63, 3.8) is 0 Å². The molecule has 3 fully saturated rings. The summed E-state index contributed by atoms with van der Waals surface area (Å²) >= 11 is 0. The number of aliphatic hydroxyl groups is 3. The van der Waals surface area contributed by atoms with Crippen LogP contribution in [0.15, 0.2) is 81.4 Å². The van der Waals surface area contributed by atoms with Gasteiger partial charge in [-0.3, -0.25) is 9.59 Å².